The lowest BCUT2D eigenvalue weighted by Crippen LogP contribution is -2.45. The minimum absolute atomic E-state index is 0.348. The van der Waals surface area contributed by atoms with E-state index in [4.69, 9.17) is 11.3 Å². The zero-order valence-corrected chi connectivity index (χ0v) is 8.42. The molecule has 1 heterocycles. The zero-order chi connectivity index (χ0) is 9.68. The first-order valence-electron chi connectivity index (χ1n) is 4.75. The van der Waals surface area contributed by atoms with Crippen molar-refractivity contribution < 1.29 is 4.84 Å². The van der Waals surface area contributed by atoms with E-state index in [-0.39, 0.29) is 0 Å². The molecule has 3 nitrogen and oxygen atoms in total. The Kier molecular flexibility index (Phi) is 4.23. The van der Waals surface area contributed by atoms with Crippen molar-refractivity contribution in [2.24, 2.45) is 0 Å². The van der Waals surface area contributed by atoms with Crippen molar-refractivity contribution in [3.8, 4) is 12.3 Å². The van der Waals surface area contributed by atoms with Crippen LogP contribution < -0.4 is 5.48 Å². The van der Waals surface area contributed by atoms with E-state index in [9.17, 15) is 0 Å². The second-order valence-corrected chi connectivity index (χ2v) is 3.66. The topological polar surface area (TPSA) is 24.5 Å². The van der Waals surface area contributed by atoms with Gasteiger partial charge < -0.3 is 4.90 Å². The molecule has 0 aromatic heterocycles. The summed E-state index contributed by atoms with van der Waals surface area (Å²) >= 11 is 0. The molecule has 1 aliphatic heterocycles. The number of terminal acetylenes is 1. The van der Waals surface area contributed by atoms with E-state index in [1.54, 1.807) is 0 Å². The van der Waals surface area contributed by atoms with Crippen LogP contribution in [0.2, 0.25) is 0 Å². The Morgan fingerprint density at radius 3 is 3.08 bits per heavy atom. The second kappa shape index (κ2) is 5.23. The quantitative estimate of drug-likeness (QED) is 0.393. The highest BCUT2D eigenvalue weighted by Gasteiger charge is 2.22. The fourth-order valence-electron chi connectivity index (χ4n) is 1.60. The van der Waals surface area contributed by atoms with Gasteiger partial charge in [0, 0.05) is 12.1 Å². The molecule has 0 amide bonds. The van der Waals surface area contributed by atoms with Crippen LogP contribution in [-0.2, 0) is 4.84 Å². The molecule has 3 heteroatoms. The molecule has 0 bridgehead atoms. The number of nitrogens with zero attached hydrogens (tertiary/aromatic N) is 1. The highest BCUT2D eigenvalue weighted by Crippen LogP contribution is 2.14. The molecule has 0 spiro atoms. The normalized spacial score (nSPS) is 29.9. The van der Waals surface area contributed by atoms with Crippen molar-refractivity contribution in [3.63, 3.8) is 0 Å². The number of nitrogens with one attached hydrogen (secondary N) is 1. The summed E-state index contributed by atoms with van der Waals surface area (Å²) in [4.78, 5) is 7.46. The van der Waals surface area contributed by atoms with Gasteiger partial charge in [-0.3, -0.25) is 4.84 Å². The summed E-state index contributed by atoms with van der Waals surface area (Å²) in [6, 6.07) is 1.08. The highest BCUT2D eigenvalue weighted by atomic mass is 16.6. The summed E-state index contributed by atoms with van der Waals surface area (Å²) in [7, 11) is 2.16. The molecule has 1 rings (SSSR count). The van der Waals surface area contributed by atoms with Gasteiger partial charge in [0.2, 0.25) is 0 Å². The lowest BCUT2D eigenvalue weighted by Gasteiger charge is -2.34. The summed E-state index contributed by atoms with van der Waals surface area (Å²) in [5, 5.41) is 0. The maximum absolute atomic E-state index is 5.10. The molecule has 1 aliphatic rings. The third kappa shape index (κ3) is 3.35. The third-order valence-electron chi connectivity index (χ3n) is 2.61. The summed E-state index contributed by atoms with van der Waals surface area (Å²) < 4.78 is 0. The van der Waals surface area contributed by atoms with Gasteiger partial charge in [0.15, 0.2) is 0 Å². The standard InChI is InChI=1S/C10H18N2O/c1-4-7-13-11-10-5-6-12(3)9(2)8-10/h1,9-11H,5-8H2,2-3H3. The molecule has 0 aromatic rings. The summed E-state index contributed by atoms with van der Waals surface area (Å²) in [5.41, 5.74) is 3.00. The minimum atomic E-state index is 0.348. The van der Waals surface area contributed by atoms with Gasteiger partial charge in [0.25, 0.3) is 0 Å². The van der Waals surface area contributed by atoms with E-state index in [0.717, 1.165) is 19.4 Å². The van der Waals surface area contributed by atoms with Crippen molar-refractivity contribution in [1.29, 1.82) is 0 Å². The Hall–Kier alpha value is -0.560. The summed E-state index contributed by atoms with van der Waals surface area (Å²) in [6.07, 6.45) is 7.33. The molecular weight excluding hydrogens is 164 g/mol. The molecule has 0 aromatic carbocycles. The molecular formula is C10H18N2O. The first kappa shape index (κ1) is 10.5. The second-order valence-electron chi connectivity index (χ2n) is 3.66. The molecule has 0 saturated carbocycles. The minimum Gasteiger partial charge on any atom is -0.304 e. The number of hydroxylamine groups is 1. The van der Waals surface area contributed by atoms with E-state index in [1.165, 1.54) is 0 Å². The van der Waals surface area contributed by atoms with Crippen molar-refractivity contribution in [2.45, 2.75) is 31.8 Å². The molecule has 0 aliphatic carbocycles. The van der Waals surface area contributed by atoms with Crippen LogP contribution in [0.4, 0.5) is 0 Å². The molecule has 1 fully saturated rings. The number of rotatable bonds is 3. The highest BCUT2D eigenvalue weighted by molar-refractivity contribution is 4.83. The average molecular weight is 182 g/mol. The number of piperidine rings is 1. The van der Waals surface area contributed by atoms with Gasteiger partial charge in [0.05, 0.1) is 0 Å². The van der Waals surface area contributed by atoms with Crippen molar-refractivity contribution >= 4 is 0 Å². The Labute approximate surface area is 80.4 Å². The van der Waals surface area contributed by atoms with Crippen LogP contribution in [0.15, 0.2) is 0 Å². The number of hydrogen-bond donors (Lipinski definition) is 1. The van der Waals surface area contributed by atoms with Crippen LogP contribution in [0.25, 0.3) is 0 Å². The van der Waals surface area contributed by atoms with Crippen LogP contribution >= 0.6 is 0 Å². The Bertz CT molecular complexity index is 188. The first-order chi connectivity index (χ1) is 6.24. The van der Waals surface area contributed by atoms with Gasteiger partial charge in [-0.1, -0.05) is 5.92 Å². The van der Waals surface area contributed by atoms with Gasteiger partial charge in [-0.05, 0) is 33.4 Å². The van der Waals surface area contributed by atoms with Gasteiger partial charge in [-0.25, -0.2) is 0 Å². The van der Waals surface area contributed by atoms with Crippen LogP contribution in [0.5, 0.6) is 0 Å². The first-order valence-corrected chi connectivity index (χ1v) is 4.75. The fraction of sp³-hybridized carbons (Fsp3) is 0.800. The predicted octanol–water partition coefficient (Wildman–Crippen LogP) is 0.623. The number of likely N-dealkylation sites (tertiary alicyclic amines) is 1. The lowest BCUT2D eigenvalue weighted by molar-refractivity contribution is 0.0111. The van der Waals surface area contributed by atoms with E-state index in [1.807, 2.05) is 0 Å². The van der Waals surface area contributed by atoms with Gasteiger partial charge in [0.1, 0.15) is 6.61 Å². The van der Waals surface area contributed by atoms with Crippen molar-refractivity contribution in [1.82, 2.24) is 10.4 Å². The zero-order valence-electron chi connectivity index (χ0n) is 8.42. The SMILES string of the molecule is C#CCONC1CCN(C)C(C)C1. The van der Waals surface area contributed by atoms with E-state index in [0.29, 0.717) is 18.7 Å². The molecule has 0 radical (unpaired) electrons. The van der Waals surface area contributed by atoms with Crippen LogP contribution in [0, 0.1) is 12.3 Å². The molecule has 2 atom stereocenters. The third-order valence-corrected chi connectivity index (χ3v) is 2.61. The largest absolute Gasteiger partial charge is 0.304 e. The Balaban J connectivity index is 2.18. The van der Waals surface area contributed by atoms with E-state index in [2.05, 4.69) is 30.3 Å². The molecule has 13 heavy (non-hydrogen) atoms. The maximum Gasteiger partial charge on any atom is 0.128 e. The molecule has 74 valence electrons. The van der Waals surface area contributed by atoms with Gasteiger partial charge in [-0.2, -0.15) is 5.48 Å². The van der Waals surface area contributed by atoms with Crippen molar-refractivity contribution in [3.05, 3.63) is 0 Å². The molecule has 1 N–H and O–H groups in total. The summed E-state index contributed by atoms with van der Waals surface area (Å²) in [5.74, 6) is 2.43. The van der Waals surface area contributed by atoms with Crippen molar-refractivity contribution in [2.75, 3.05) is 20.2 Å². The molecule has 1 saturated heterocycles. The average Bonchev–Trinajstić information content (AvgIpc) is 2.12. The van der Waals surface area contributed by atoms with E-state index >= 15 is 0 Å². The summed E-state index contributed by atoms with van der Waals surface area (Å²) in [6.45, 7) is 3.70. The van der Waals surface area contributed by atoms with Gasteiger partial charge in [-0.15, -0.1) is 6.42 Å². The lowest BCUT2D eigenvalue weighted by atomic mass is 10.00. The maximum atomic E-state index is 5.10. The Morgan fingerprint density at radius 2 is 2.46 bits per heavy atom. The monoisotopic (exact) mass is 182 g/mol. The fourth-order valence-corrected chi connectivity index (χ4v) is 1.60. The predicted molar refractivity (Wildman–Crippen MR) is 53.0 cm³/mol. The van der Waals surface area contributed by atoms with E-state index < -0.39 is 0 Å². The number of hydrogen-bond acceptors (Lipinski definition) is 3. The molecule has 2 unspecified atom stereocenters. The van der Waals surface area contributed by atoms with Crippen LogP contribution in [0.1, 0.15) is 19.8 Å². The van der Waals surface area contributed by atoms with Gasteiger partial charge >= 0.3 is 0 Å². The van der Waals surface area contributed by atoms with Crippen LogP contribution in [-0.4, -0.2) is 37.2 Å². The Morgan fingerprint density at radius 1 is 1.69 bits per heavy atom. The van der Waals surface area contributed by atoms with Crippen LogP contribution in [0.3, 0.4) is 0 Å². The smallest absolute Gasteiger partial charge is 0.128 e.